The highest BCUT2D eigenvalue weighted by Crippen LogP contribution is 2.30. The second-order valence-electron chi connectivity index (χ2n) is 5.97. The summed E-state index contributed by atoms with van der Waals surface area (Å²) in [4.78, 5) is 0. The van der Waals surface area contributed by atoms with Crippen molar-refractivity contribution in [2.45, 2.75) is 42.7 Å². The number of phenols is 1. The maximum atomic E-state index is 10.8. The summed E-state index contributed by atoms with van der Waals surface area (Å²) in [7, 11) is -4.86. The normalized spacial score (nSPS) is 28.9. The molecule has 2 rings (SSSR count). The maximum absolute atomic E-state index is 10.8. The van der Waals surface area contributed by atoms with Crippen LogP contribution in [0.2, 0.25) is 0 Å². The van der Waals surface area contributed by atoms with Crippen molar-refractivity contribution in [2.24, 2.45) is 5.16 Å². The molecule has 1 heterocycles. The molecule has 5 unspecified atom stereocenters. The molecule has 0 radical (unpaired) electrons. The van der Waals surface area contributed by atoms with E-state index in [4.69, 9.17) is 9.29 Å². The second kappa shape index (κ2) is 9.84. The Hall–Kier alpha value is -1.45. The van der Waals surface area contributed by atoms with E-state index in [1.807, 2.05) is 0 Å². The van der Waals surface area contributed by atoms with Crippen LogP contribution in [0.1, 0.15) is 12.0 Å². The minimum atomic E-state index is -4.86. The molecule has 1 aliphatic rings. The van der Waals surface area contributed by atoms with Crippen molar-refractivity contribution in [1.29, 1.82) is 0 Å². The molecule has 5 atom stereocenters. The SMILES string of the molecule is O=S(=O)(O)ON=C(CCc1ccc(O)cc1)SC1OC(CO)C(O)C(O)C1O. The van der Waals surface area contributed by atoms with E-state index in [9.17, 15) is 34.0 Å². The van der Waals surface area contributed by atoms with E-state index >= 15 is 0 Å². The molecule has 1 aliphatic heterocycles. The van der Waals surface area contributed by atoms with Gasteiger partial charge in [0.2, 0.25) is 0 Å². The summed E-state index contributed by atoms with van der Waals surface area (Å²) in [5, 5.41) is 51.6. The third-order valence-corrected chi connectivity index (χ3v) is 5.33. The van der Waals surface area contributed by atoms with Crippen LogP contribution in [-0.4, -0.2) is 80.0 Å². The second-order valence-corrected chi connectivity index (χ2v) is 8.14. The van der Waals surface area contributed by atoms with Gasteiger partial charge in [0.15, 0.2) is 0 Å². The molecule has 158 valence electrons. The fraction of sp³-hybridized carbons (Fsp3) is 0.533. The Morgan fingerprint density at radius 3 is 2.36 bits per heavy atom. The van der Waals surface area contributed by atoms with Crippen LogP contribution in [0.5, 0.6) is 5.75 Å². The number of hydrogen-bond acceptors (Lipinski definition) is 11. The van der Waals surface area contributed by atoms with Gasteiger partial charge in [0.1, 0.15) is 40.6 Å². The van der Waals surface area contributed by atoms with E-state index in [0.717, 1.165) is 5.56 Å². The minimum absolute atomic E-state index is 0.00460. The number of aliphatic hydroxyl groups excluding tert-OH is 4. The Balaban J connectivity index is 2.13. The lowest BCUT2D eigenvalue weighted by atomic mass is 10.0. The number of benzene rings is 1. The van der Waals surface area contributed by atoms with Crippen molar-refractivity contribution in [2.75, 3.05) is 6.61 Å². The van der Waals surface area contributed by atoms with Gasteiger partial charge in [0.05, 0.1) is 6.61 Å². The number of thioether (sulfide) groups is 1. The molecule has 0 spiro atoms. The summed E-state index contributed by atoms with van der Waals surface area (Å²) in [6, 6.07) is 6.20. The predicted molar refractivity (Wildman–Crippen MR) is 97.9 cm³/mol. The Kier molecular flexibility index (Phi) is 8.03. The van der Waals surface area contributed by atoms with Crippen molar-refractivity contribution in [3.63, 3.8) is 0 Å². The number of ether oxygens (including phenoxy) is 1. The van der Waals surface area contributed by atoms with Crippen molar-refractivity contribution in [3.8, 4) is 5.75 Å². The molecule has 28 heavy (non-hydrogen) atoms. The molecule has 0 amide bonds. The summed E-state index contributed by atoms with van der Waals surface area (Å²) in [5.41, 5.74) is -0.425. The van der Waals surface area contributed by atoms with Gasteiger partial charge in [-0.15, -0.1) is 0 Å². The Bertz CT molecular complexity index is 768. The molecule has 0 aromatic heterocycles. The lowest BCUT2D eigenvalue weighted by molar-refractivity contribution is -0.205. The first-order valence-corrected chi connectivity index (χ1v) is 10.3. The zero-order chi connectivity index (χ0) is 20.9. The van der Waals surface area contributed by atoms with Gasteiger partial charge in [0.25, 0.3) is 0 Å². The van der Waals surface area contributed by atoms with Gasteiger partial charge in [-0.1, -0.05) is 29.1 Å². The topological polar surface area (TPSA) is 186 Å². The summed E-state index contributed by atoms with van der Waals surface area (Å²) in [6.07, 6.45) is -5.42. The van der Waals surface area contributed by atoms with Crippen LogP contribution in [0.15, 0.2) is 29.4 Å². The van der Waals surface area contributed by atoms with Crippen LogP contribution in [0.4, 0.5) is 0 Å². The van der Waals surface area contributed by atoms with Crippen LogP contribution in [0, 0.1) is 0 Å². The van der Waals surface area contributed by atoms with Crippen LogP contribution in [0.3, 0.4) is 0 Å². The van der Waals surface area contributed by atoms with Gasteiger partial charge in [-0.05, 0) is 24.1 Å². The van der Waals surface area contributed by atoms with E-state index < -0.39 is 46.9 Å². The Labute approximate surface area is 165 Å². The van der Waals surface area contributed by atoms with Gasteiger partial charge < -0.3 is 30.3 Å². The summed E-state index contributed by atoms with van der Waals surface area (Å²) < 4.78 is 39.7. The van der Waals surface area contributed by atoms with Gasteiger partial charge >= 0.3 is 10.4 Å². The molecule has 1 aromatic rings. The zero-order valence-electron chi connectivity index (χ0n) is 14.4. The van der Waals surface area contributed by atoms with Gasteiger partial charge in [0, 0.05) is 6.42 Å². The molecule has 13 heteroatoms. The Morgan fingerprint density at radius 1 is 1.14 bits per heavy atom. The molecule has 1 fully saturated rings. The van der Waals surface area contributed by atoms with E-state index in [2.05, 4.69) is 9.44 Å². The fourth-order valence-corrected chi connectivity index (χ4v) is 3.73. The predicted octanol–water partition coefficient (Wildman–Crippen LogP) is -1.01. The molecular formula is C15H21NO10S2. The first-order valence-electron chi connectivity index (χ1n) is 8.08. The average Bonchev–Trinajstić information content (AvgIpc) is 2.64. The lowest BCUT2D eigenvalue weighted by Gasteiger charge is -2.39. The lowest BCUT2D eigenvalue weighted by Crippen LogP contribution is -2.57. The molecule has 6 N–H and O–H groups in total. The monoisotopic (exact) mass is 439 g/mol. The highest BCUT2D eigenvalue weighted by Gasteiger charge is 2.44. The number of aromatic hydroxyl groups is 1. The summed E-state index contributed by atoms with van der Waals surface area (Å²) >= 11 is 0.707. The van der Waals surface area contributed by atoms with Crippen LogP contribution >= 0.6 is 11.8 Å². The highest BCUT2D eigenvalue weighted by atomic mass is 32.3. The smallest absolute Gasteiger partial charge is 0.466 e. The largest absolute Gasteiger partial charge is 0.508 e. The van der Waals surface area contributed by atoms with Crippen molar-refractivity contribution in [3.05, 3.63) is 29.8 Å². The minimum Gasteiger partial charge on any atom is -0.508 e. The number of oxime groups is 1. The Morgan fingerprint density at radius 2 is 1.79 bits per heavy atom. The van der Waals surface area contributed by atoms with Crippen LogP contribution < -0.4 is 0 Å². The summed E-state index contributed by atoms with van der Waals surface area (Å²) in [6.45, 7) is -0.622. The van der Waals surface area contributed by atoms with E-state index in [-0.39, 0.29) is 17.2 Å². The molecule has 0 bridgehead atoms. The summed E-state index contributed by atoms with van der Waals surface area (Å²) in [5.74, 6) is 0.0723. The number of hydrogen-bond donors (Lipinski definition) is 6. The highest BCUT2D eigenvalue weighted by molar-refractivity contribution is 8.14. The van der Waals surface area contributed by atoms with Gasteiger partial charge in [-0.2, -0.15) is 8.42 Å². The van der Waals surface area contributed by atoms with E-state index in [1.54, 1.807) is 12.1 Å². The number of aryl methyl sites for hydroxylation is 1. The van der Waals surface area contributed by atoms with Crippen molar-refractivity contribution >= 4 is 27.2 Å². The third-order valence-electron chi connectivity index (χ3n) is 3.90. The molecule has 11 nitrogen and oxygen atoms in total. The van der Waals surface area contributed by atoms with Crippen LogP contribution in [-0.2, 0) is 25.8 Å². The van der Waals surface area contributed by atoms with Crippen molar-refractivity contribution in [1.82, 2.24) is 0 Å². The fourth-order valence-electron chi connectivity index (χ4n) is 2.43. The number of rotatable bonds is 7. The maximum Gasteiger partial charge on any atom is 0.466 e. The molecule has 0 aliphatic carbocycles. The first kappa shape index (κ1) is 22.8. The number of phenolic OH excluding ortho intramolecular Hbond substituents is 1. The first-order chi connectivity index (χ1) is 13.1. The van der Waals surface area contributed by atoms with E-state index in [0.29, 0.717) is 18.2 Å². The van der Waals surface area contributed by atoms with Gasteiger partial charge in [-0.25, -0.2) is 4.28 Å². The molecule has 1 saturated heterocycles. The quantitative estimate of drug-likeness (QED) is 0.132. The standard InChI is InChI=1S/C15H21NO10S2/c17-7-10-12(19)13(20)14(21)15(25-10)27-11(16-26-28(22,23)24)6-3-8-1-4-9(18)5-2-8/h1-2,4-5,10,12-15,17-21H,3,6-7H2,(H,22,23,24). The molecular weight excluding hydrogens is 418 g/mol. The molecule has 1 aromatic carbocycles. The molecule has 0 saturated carbocycles. The number of nitrogens with zero attached hydrogens (tertiary/aromatic N) is 1. The average molecular weight is 439 g/mol. The van der Waals surface area contributed by atoms with Gasteiger partial charge in [-0.3, -0.25) is 4.55 Å². The zero-order valence-corrected chi connectivity index (χ0v) is 16.0. The number of aliphatic hydroxyl groups is 4. The van der Waals surface area contributed by atoms with Crippen LogP contribution in [0.25, 0.3) is 0 Å². The van der Waals surface area contributed by atoms with Crippen molar-refractivity contribution < 1.29 is 47.5 Å². The third kappa shape index (κ3) is 6.56. The van der Waals surface area contributed by atoms with E-state index in [1.165, 1.54) is 12.1 Å².